The van der Waals surface area contributed by atoms with Gasteiger partial charge in [-0.05, 0) is 32.7 Å². The zero-order chi connectivity index (χ0) is 13.1. The van der Waals surface area contributed by atoms with E-state index in [1.165, 1.54) is 18.2 Å². The lowest BCUT2D eigenvalue weighted by Gasteiger charge is -2.09. The third-order valence-electron chi connectivity index (χ3n) is 3.53. The van der Waals surface area contributed by atoms with Crippen molar-refractivity contribution >= 4 is 16.6 Å². The Morgan fingerprint density at radius 2 is 1.89 bits per heavy atom. The van der Waals surface area contributed by atoms with Crippen LogP contribution in [0, 0.1) is 6.92 Å². The molecule has 19 heavy (non-hydrogen) atoms. The molecule has 1 aliphatic rings. The lowest BCUT2D eigenvalue weighted by molar-refractivity contribution is 0.658. The van der Waals surface area contributed by atoms with E-state index >= 15 is 0 Å². The summed E-state index contributed by atoms with van der Waals surface area (Å²) in [5.74, 6) is 0.896. The van der Waals surface area contributed by atoms with Crippen LogP contribution in [0.4, 0.5) is 5.82 Å². The standard InChI is InChI=1S/C15H20N4/c1-11-13-5-2-3-6-14(13)15(19-18-11)17-10-4-9-16-12-7-8-12/h2-3,5-6,12,16H,4,7-10H2,1H3,(H,17,19). The molecule has 4 nitrogen and oxygen atoms in total. The summed E-state index contributed by atoms with van der Waals surface area (Å²) in [6, 6.07) is 9.07. The average Bonchev–Trinajstić information content (AvgIpc) is 3.25. The van der Waals surface area contributed by atoms with Crippen LogP contribution in [-0.2, 0) is 0 Å². The van der Waals surface area contributed by atoms with Gasteiger partial charge in [-0.15, -0.1) is 5.10 Å². The molecule has 1 saturated carbocycles. The lowest BCUT2D eigenvalue weighted by atomic mass is 10.1. The Morgan fingerprint density at radius 1 is 1.11 bits per heavy atom. The fraction of sp³-hybridized carbons (Fsp3) is 0.467. The second-order valence-corrected chi connectivity index (χ2v) is 5.19. The largest absolute Gasteiger partial charge is 0.368 e. The van der Waals surface area contributed by atoms with Gasteiger partial charge in [0.25, 0.3) is 0 Å². The third-order valence-corrected chi connectivity index (χ3v) is 3.53. The first-order chi connectivity index (χ1) is 9.34. The second kappa shape index (κ2) is 5.53. The van der Waals surface area contributed by atoms with Crippen molar-refractivity contribution in [3.05, 3.63) is 30.0 Å². The minimum atomic E-state index is 0.792. The van der Waals surface area contributed by atoms with E-state index in [1.807, 2.05) is 19.1 Å². The fourth-order valence-corrected chi connectivity index (χ4v) is 2.26. The van der Waals surface area contributed by atoms with Crippen molar-refractivity contribution in [3.63, 3.8) is 0 Å². The number of hydrogen-bond donors (Lipinski definition) is 2. The van der Waals surface area contributed by atoms with Gasteiger partial charge in [0, 0.05) is 23.4 Å². The molecule has 0 unspecified atom stereocenters. The van der Waals surface area contributed by atoms with Gasteiger partial charge in [0.15, 0.2) is 5.82 Å². The fourth-order valence-electron chi connectivity index (χ4n) is 2.26. The van der Waals surface area contributed by atoms with Crippen LogP contribution in [-0.4, -0.2) is 29.3 Å². The summed E-state index contributed by atoms with van der Waals surface area (Å²) in [6.45, 7) is 4.01. The Morgan fingerprint density at radius 3 is 2.68 bits per heavy atom. The molecule has 0 spiro atoms. The number of aryl methyl sites for hydroxylation is 1. The van der Waals surface area contributed by atoms with Gasteiger partial charge in [-0.3, -0.25) is 0 Å². The van der Waals surface area contributed by atoms with Crippen LogP contribution in [0.15, 0.2) is 24.3 Å². The average molecular weight is 256 g/mol. The molecule has 4 heteroatoms. The predicted molar refractivity (Wildman–Crippen MR) is 78.4 cm³/mol. The number of aromatic nitrogens is 2. The molecule has 0 atom stereocenters. The van der Waals surface area contributed by atoms with Crippen molar-refractivity contribution in [1.29, 1.82) is 0 Å². The normalized spacial score (nSPS) is 14.8. The van der Waals surface area contributed by atoms with E-state index in [9.17, 15) is 0 Å². The zero-order valence-electron chi connectivity index (χ0n) is 11.3. The molecule has 0 aliphatic heterocycles. The maximum atomic E-state index is 4.27. The summed E-state index contributed by atoms with van der Waals surface area (Å²) >= 11 is 0. The van der Waals surface area contributed by atoms with Crippen molar-refractivity contribution < 1.29 is 0 Å². The Hall–Kier alpha value is -1.68. The van der Waals surface area contributed by atoms with Crippen LogP contribution in [0.2, 0.25) is 0 Å². The first-order valence-corrected chi connectivity index (χ1v) is 7.04. The molecule has 2 aromatic rings. The summed E-state index contributed by atoms with van der Waals surface area (Å²) < 4.78 is 0. The molecule has 100 valence electrons. The molecule has 1 heterocycles. The second-order valence-electron chi connectivity index (χ2n) is 5.19. The molecular weight excluding hydrogens is 236 g/mol. The summed E-state index contributed by atoms with van der Waals surface area (Å²) in [6.07, 6.45) is 3.81. The van der Waals surface area contributed by atoms with Gasteiger partial charge < -0.3 is 10.6 Å². The van der Waals surface area contributed by atoms with Gasteiger partial charge in [0.2, 0.25) is 0 Å². The summed E-state index contributed by atoms with van der Waals surface area (Å²) in [5, 5.41) is 17.7. The maximum absolute atomic E-state index is 4.27. The molecule has 1 aromatic heterocycles. The van der Waals surface area contributed by atoms with Crippen molar-refractivity contribution in [2.75, 3.05) is 18.4 Å². The van der Waals surface area contributed by atoms with Crippen molar-refractivity contribution in [3.8, 4) is 0 Å². The lowest BCUT2D eigenvalue weighted by Crippen LogP contribution is -2.20. The van der Waals surface area contributed by atoms with Gasteiger partial charge in [0.1, 0.15) is 0 Å². The summed E-state index contributed by atoms with van der Waals surface area (Å²) in [5.41, 5.74) is 0.983. The number of nitrogens with zero attached hydrogens (tertiary/aromatic N) is 2. The van der Waals surface area contributed by atoms with Gasteiger partial charge in [-0.25, -0.2) is 0 Å². The van der Waals surface area contributed by atoms with Crippen LogP contribution < -0.4 is 10.6 Å². The SMILES string of the molecule is Cc1nnc(NCCCNC2CC2)c2ccccc12. The zero-order valence-corrected chi connectivity index (χ0v) is 11.3. The molecule has 1 aliphatic carbocycles. The quantitative estimate of drug-likeness (QED) is 0.780. The van der Waals surface area contributed by atoms with Crippen LogP contribution in [0.1, 0.15) is 25.0 Å². The smallest absolute Gasteiger partial charge is 0.156 e. The molecule has 0 amide bonds. The topological polar surface area (TPSA) is 49.8 Å². The highest BCUT2D eigenvalue weighted by atomic mass is 15.2. The van der Waals surface area contributed by atoms with Crippen LogP contribution in [0.5, 0.6) is 0 Å². The molecule has 2 N–H and O–H groups in total. The van der Waals surface area contributed by atoms with E-state index in [-0.39, 0.29) is 0 Å². The van der Waals surface area contributed by atoms with E-state index in [4.69, 9.17) is 0 Å². The highest BCUT2D eigenvalue weighted by molar-refractivity contribution is 5.92. The van der Waals surface area contributed by atoms with Crippen LogP contribution in [0.25, 0.3) is 10.8 Å². The van der Waals surface area contributed by atoms with E-state index in [2.05, 4.69) is 33.0 Å². The third kappa shape index (κ3) is 3.01. The van der Waals surface area contributed by atoms with E-state index in [0.717, 1.165) is 42.5 Å². The molecule has 3 rings (SSSR count). The highest BCUT2D eigenvalue weighted by Gasteiger charge is 2.19. The monoisotopic (exact) mass is 256 g/mol. The molecule has 1 fully saturated rings. The van der Waals surface area contributed by atoms with Gasteiger partial charge in [0.05, 0.1) is 5.69 Å². The number of anilines is 1. The molecular formula is C15H20N4. The van der Waals surface area contributed by atoms with Crippen LogP contribution >= 0.6 is 0 Å². The van der Waals surface area contributed by atoms with E-state index < -0.39 is 0 Å². The van der Waals surface area contributed by atoms with E-state index in [0.29, 0.717) is 0 Å². The van der Waals surface area contributed by atoms with Crippen molar-refractivity contribution in [1.82, 2.24) is 15.5 Å². The number of nitrogens with one attached hydrogen (secondary N) is 2. The molecule has 0 radical (unpaired) electrons. The minimum Gasteiger partial charge on any atom is -0.368 e. The number of benzene rings is 1. The van der Waals surface area contributed by atoms with Gasteiger partial charge in [-0.2, -0.15) is 5.10 Å². The number of hydrogen-bond acceptors (Lipinski definition) is 4. The summed E-state index contributed by atoms with van der Waals surface area (Å²) in [7, 11) is 0. The van der Waals surface area contributed by atoms with Crippen LogP contribution in [0.3, 0.4) is 0 Å². The Labute approximate surface area is 113 Å². The maximum Gasteiger partial charge on any atom is 0.156 e. The number of rotatable bonds is 6. The van der Waals surface area contributed by atoms with E-state index in [1.54, 1.807) is 0 Å². The Kier molecular flexibility index (Phi) is 3.60. The Bertz CT molecular complexity index is 563. The first-order valence-electron chi connectivity index (χ1n) is 7.04. The van der Waals surface area contributed by atoms with Crippen molar-refractivity contribution in [2.24, 2.45) is 0 Å². The molecule has 0 saturated heterocycles. The Balaban J connectivity index is 1.61. The van der Waals surface area contributed by atoms with Gasteiger partial charge in [-0.1, -0.05) is 24.3 Å². The summed E-state index contributed by atoms with van der Waals surface area (Å²) in [4.78, 5) is 0. The predicted octanol–water partition coefficient (Wildman–Crippen LogP) is 2.49. The molecule has 1 aromatic carbocycles. The van der Waals surface area contributed by atoms with Crippen molar-refractivity contribution in [2.45, 2.75) is 32.2 Å². The first kappa shape index (κ1) is 12.4. The highest BCUT2D eigenvalue weighted by Crippen LogP contribution is 2.22. The molecule has 0 bridgehead atoms. The van der Waals surface area contributed by atoms with Gasteiger partial charge >= 0.3 is 0 Å². The number of fused-ring (bicyclic) bond motifs is 1. The minimum absolute atomic E-state index is 0.792.